The van der Waals surface area contributed by atoms with E-state index >= 15 is 0 Å². The highest BCUT2D eigenvalue weighted by Crippen LogP contribution is 2.34. The van der Waals surface area contributed by atoms with Crippen LogP contribution in [0.4, 0.5) is 10.2 Å². The van der Waals surface area contributed by atoms with Gasteiger partial charge in [0.2, 0.25) is 0 Å². The molecular formula is C15H12FN3O. The van der Waals surface area contributed by atoms with E-state index in [4.69, 9.17) is 10.00 Å². The van der Waals surface area contributed by atoms with E-state index in [0.717, 1.165) is 12.0 Å². The molecule has 4 nitrogen and oxygen atoms in total. The van der Waals surface area contributed by atoms with Gasteiger partial charge in [0.25, 0.3) is 0 Å². The molecule has 1 aromatic heterocycles. The summed E-state index contributed by atoms with van der Waals surface area (Å²) >= 11 is 0. The summed E-state index contributed by atoms with van der Waals surface area (Å²) in [6, 6.07) is 9.93. The van der Waals surface area contributed by atoms with Crippen LogP contribution in [0.1, 0.15) is 23.6 Å². The first kappa shape index (κ1) is 12.4. The van der Waals surface area contributed by atoms with Crippen molar-refractivity contribution in [1.82, 2.24) is 4.98 Å². The van der Waals surface area contributed by atoms with Gasteiger partial charge in [0.1, 0.15) is 23.5 Å². The molecule has 0 spiro atoms. The van der Waals surface area contributed by atoms with Crippen LogP contribution in [0.25, 0.3) is 0 Å². The molecule has 1 unspecified atom stereocenters. The molecular weight excluding hydrogens is 257 g/mol. The number of benzene rings is 1. The first-order chi connectivity index (χ1) is 9.76. The van der Waals surface area contributed by atoms with Crippen LogP contribution in [0.2, 0.25) is 0 Å². The Morgan fingerprint density at radius 1 is 1.35 bits per heavy atom. The Morgan fingerprint density at radius 2 is 2.25 bits per heavy atom. The number of nitriles is 1. The Bertz CT molecular complexity index is 664. The van der Waals surface area contributed by atoms with Crippen LogP contribution in [0.5, 0.6) is 5.75 Å². The van der Waals surface area contributed by atoms with Gasteiger partial charge in [-0.15, -0.1) is 0 Å². The third-order valence-electron chi connectivity index (χ3n) is 3.23. The molecule has 2 heterocycles. The Balaban J connectivity index is 1.85. The molecule has 100 valence electrons. The number of fused-ring (bicyclic) bond motifs is 1. The van der Waals surface area contributed by atoms with E-state index in [9.17, 15) is 4.39 Å². The van der Waals surface area contributed by atoms with Crippen LogP contribution >= 0.6 is 0 Å². The molecule has 0 saturated heterocycles. The number of aromatic nitrogens is 1. The highest BCUT2D eigenvalue weighted by molar-refractivity contribution is 5.46. The Morgan fingerprint density at radius 3 is 3.00 bits per heavy atom. The van der Waals surface area contributed by atoms with Crippen molar-refractivity contribution < 1.29 is 9.13 Å². The smallest absolute Gasteiger partial charge is 0.126 e. The van der Waals surface area contributed by atoms with Crippen LogP contribution in [0, 0.1) is 17.1 Å². The summed E-state index contributed by atoms with van der Waals surface area (Å²) in [4.78, 5) is 4.17. The molecule has 1 N–H and O–H groups in total. The molecule has 0 radical (unpaired) electrons. The maximum atomic E-state index is 13.4. The monoisotopic (exact) mass is 269 g/mol. The average molecular weight is 269 g/mol. The van der Waals surface area contributed by atoms with Crippen LogP contribution in [0.3, 0.4) is 0 Å². The Hall–Kier alpha value is -2.61. The fourth-order valence-electron chi connectivity index (χ4n) is 2.24. The Labute approximate surface area is 115 Å². The number of nitrogens with zero attached hydrogens (tertiary/aromatic N) is 2. The van der Waals surface area contributed by atoms with Gasteiger partial charge in [-0.3, -0.25) is 0 Å². The summed E-state index contributed by atoms with van der Waals surface area (Å²) < 4.78 is 18.9. The average Bonchev–Trinajstić information content (AvgIpc) is 2.49. The van der Waals surface area contributed by atoms with Crippen molar-refractivity contribution in [3.05, 3.63) is 53.5 Å². The van der Waals surface area contributed by atoms with Crippen molar-refractivity contribution in [3.8, 4) is 11.8 Å². The fourth-order valence-corrected chi connectivity index (χ4v) is 2.24. The summed E-state index contributed by atoms with van der Waals surface area (Å²) in [7, 11) is 0. The van der Waals surface area contributed by atoms with Gasteiger partial charge >= 0.3 is 0 Å². The van der Waals surface area contributed by atoms with Crippen molar-refractivity contribution >= 4 is 5.82 Å². The van der Waals surface area contributed by atoms with Crippen LogP contribution < -0.4 is 10.1 Å². The number of halogens is 1. The molecule has 0 amide bonds. The van der Waals surface area contributed by atoms with Gasteiger partial charge in [-0.25, -0.2) is 9.37 Å². The van der Waals surface area contributed by atoms with Gasteiger partial charge in [-0.2, -0.15) is 5.26 Å². The SMILES string of the molecule is N#Cc1ccc(NC2CCOc3ccc(F)cc32)nc1. The van der Waals surface area contributed by atoms with Crippen LogP contribution in [-0.4, -0.2) is 11.6 Å². The van der Waals surface area contributed by atoms with E-state index < -0.39 is 0 Å². The zero-order valence-corrected chi connectivity index (χ0v) is 10.6. The third-order valence-corrected chi connectivity index (χ3v) is 3.23. The molecule has 20 heavy (non-hydrogen) atoms. The third kappa shape index (κ3) is 2.41. The minimum atomic E-state index is -0.283. The molecule has 0 bridgehead atoms. The molecule has 5 heteroatoms. The predicted molar refractivity (Wildman–Crippen MR) is 71.8 cm³/mol. The summed E-state index contributed by atoms with van der Waals surface area (Å²) in [6.07, 6.45) is 2.24. The van der Waals surface area contributed by atoms with E-state index in [1.54, 1.807) is 18.2 Å². The van der Waals surface area contributed by atoms with Gasteiger partial charge in [-0.05, 0) is 30.3 Å². The van der Waals surface area contributed by atoms with E-state index in [1.165, 1.54) is 18.3 Å². The van der Waals surface area contributed by atoms with E-state index in [0.29, 0.717) is 23.7 Å². The summed E-state index contributed by atoms with van der Waals surface area (Å²) in [5.41, 5.74) is 1.30. The van der Waals surface area contributed by atoms with E-state index in [1.807, 2.05) is 6.07 Å². The quantitative estimate of drug-likeness (QED) is 0.910. The normalized spacial score (nSPS) is 16.7. The standard InChI is InChI=1S/C15H12FN3O/c16-11-2-3-14-12(7-11)13(5-6-20-14)19-15-4-1-10(8-17)9-18-15/h1-4,7,9,13H,5-6H2,(H,18,19). The largest absolute Gasteiger partial charge is 0.493 e. The van der Waals surface area contributed by atoms with Gasteiger partial charge in [0.15, 0.2) is 0 Å². The molecule has 1 aromatic carbocycles. The molecule has 0 fully saturated rings. The van der Waals surface area contributed by atoms with Crippen molar-refractivity contribution in [3.63, 3.8) is 0 Å². The molecule has 3 rings (SSSR count). The fraction of sp³-hybridized carbons (Fsp3) is 0.200. The van der Waals surface area contributed by atoms with Crippen molar-refractivity contribution in [2.45, 2.75) is 12.5 Å². The topological polar surface area (TPSA) is 57.9 Å². The minimum absolute atomic E-state index is 0.0464. The lowest BCUT2D eigenvalue weighted by Gasteiger charge is -2.27. The maximum Gasteiger partial charge on any atom is 0.126 e. The lowest BCUT2D eigenvalue weighted by Crippen LogP contribution is -2.21. The van der Waals surface area contributed by atoms with E-state index in [-0.39, 0.29) is 11.9 Å². The first-order valence-corrected chi connectivity index (χ1v) is 6.31. The Kier molecular flexibility index (Phi) is 3.21. The number of ether oxygens (including phenoxy) is 1. The predicted octanol–water partition coefficient (Wildman–Crippen LogP) is 3.03. The van der Waals surface area contributed by atoms with Gasteiger partial charge < -0.3 is 10.1 Å². The molecule has 1 aliphatic rings. The van der Waals surface area contributed by atoms with Gasteiger partial charge in [-0.1, -0.05) is 0 Å². The zero-order chi connectivity index (χ0) is 13.9. The van der Waals surface area contributed by atoms with Gasteiger partial charge in [0.05, 0.1) is 18.2 Å². The van der Waals surface area contributed by atoms with Crippen molar-refractivity contribution in [2.24, 2.45) is 0 Å². The second-order valence-electron chi connectivity index (χ2n) is 4.56. The number of nitrogens with one attached hydrogen (secondary N) is 1. The first-order valence-electron chi connectivity index (χ1n) is 6.31. The van der Waals surface area contributed by atoms with Gasteiger partial charge in [0, 0.05) is 18.2 Å². The highest BCUT2D eigenvalue weighted by Gasteiger charge is 2.22. The van der Waals surface area contributed by atoms with Crippen molar-refractivity contribution in [2.75, 3.05) is 11.9 Å². The lowest BCUT2D eigenvalue weighted by atomic mass is 10.0. The zero-order valence-electron chi connectivity index (χ0n) is 10.6. The number of pyridine rings is 1. The van der Waals surface area contributed by atoms with E-state index in [2.05, 4.69) is 10.3 Å². The van der Waals surface area contributed by atoms with Crippen molar-refractivity contribution in [1.29, 1.82) is 5.26 Å². The molecule has 1 atom stereocenters. The second-order valence-corrected chi connectivity index (χ2v) is 4.56. The molecule has 0 aliphatic carbocycles. The molecule has 2 aromatic rings. The summed E-state index contributed by atoms with van der Waals surface area (Å²) in [6.45, 7) is 0.576. The number of anilines is 1. The number of rotatable bonds is 2. The van der Waals surface area contributed by atoms with Crippen LogP contribution in [-0.2, 0) is 0 Å². The second kappa shape index (κ2) is 5.17. The lowest BCUT2D eigenvalue weighted by molar-refractivity contribution is 0.273. The maximum absolute atomic E-state index is 13.4. The molecule has 1 aliphatic heterocycles. The molecule has 0 saturated carbocycles. The minimum Gasteiger partial charge on any atom is -0.493 e. The highest BCUT2D eigenvalue weighted by atomic mass is 19.1. The van der Waals surface area contributed by atoms with Crippen LogP contribution in [0.15, 0.2) is 36.5 Å². The number of hydrogen-bond donors (Lipinski definition) is 1. The number of hydrogen-bond acceptors (Lipinski definition) is 4. The summed E-state index contributed by atoms with van der Waals surface area (Å²) in [5.74, 6) is 1.07. The summed E-state index contributed by atoms with van der Waals surface area (Å²) in [5, 5.41) is 12.0.